The van der Waals surface area contributed by atoms with Gasteiger partial charge in [-0.2, -0.15) is 5.10 Å². The zero-order valence-electron chi connectivity index (χ0n) is 14.7. The Balaban J connectivity index is 1.69. The number of halogens is 3. The van der Waals surface area contributed by atoms with Crippen molar-refractivity contribution in [1.82, 2.24) is 9.78 Å². The van der Waals surface area contributed by atoms with Crippen LogP contribution in [0, 0.1) is 13.8 Å². The molecule has 0 aliphatic heterocycles. The second-order valence-corrected chi connectivity index (χ2v) is 8.32. The number of rotatable bonds is 4. The van der Waals surface area contributed by atoms with Crippen molar-refractivity contribution < 1.29 is 0 Å². The predicted molar refractivity (Wildman–Crippen MR) is 121 cm³/mol. The molecule has 4 nitrogen and oxygen atoms in total. The Morgan fingerprint density at radius 2 is 1.81 bits per heavy atom. The number of nitrogens with one attached hydrogen (secondary N) is 2. The predicted octanol–water partition coefficient (Wildman–Crippen LogP) is 6.43. The molecule has 1 heterocycles. The molecule has 0 unspecified atom stereocenters. The smallest absolute Gasteiger partial charge is 0.176 e. The standard InChI is InChI=1S/C19H17BrCl2N4S/c1-11-5-12(2)7-15(6-11)23-19(27)24-18-16(20)10-26(25-18)9-13-3-4-14(21)8-17(13)22/h3-8,10H,9H2,1-2H3,(H2,23,24,25,27). The average molecular weight is 484 g/mol. The summed E-state index contributed by atoms with van der Waals surface area (Å²) < 4.78 is 2.58. The van der Waals surface area contributed by atoms with E-state index in [1.807, 2.05) is 30.5 Å². The van der Waals surface area contributed by atoms with Crippen LogP contribution in [0.2, 0.25) is 10.0 Å². The molecule has 0 saturated heterocycles. The lowest BCUT2D eigenvalue weighted by atomic mass is 10.1. The monoisotopic (exact) mass is 482 g/mol. The van der Waals surface area contributed by atoms with E-state index in [1.54, 1.807) is 10.7 Å². The Bertz CT molecular complexity index is 983. The molecule has 1 aromatic heterocycles. The summed E-state index contributed by atoms with van der Waals surface area (Å²) >= 11 is 21.1. The Labute approximate surface area is 182 Å². The Hall–Kier alpha value is -1.60. The van der Waals surface area contributed by atoms with Gasteiger partial charge in [-0.25, -0.2) is 0 Å². The van der Waals surface area contributed by atoms with Gasteiger partial charge in [-0.15, -0.1) is 0 Å². The average Bonchev–Trinajstić information content (AvgIpc) is 2.88. The van der Waals surface area contributed by atoms with Gasteiger partial charge >= 0.3 is 0 Å². The van der Waals surface area contributed by atoms with Crippen LogP contribution in [0.1, 0.15) is 16.7 Å². The van der Waals surface area contributed by atoms with Crippen LogP contribution in [0.25, 0.3) is 0 Å². The van der Waals surface area contributed by atoms with Crippen LogP contribution in [-0.4, -0.2) is 14.9 Å². The van der Waals surface area contributed by atoms with Gasteiger partial charge in [0.1, 0.15) is 0 Å². The van der Waals surface area contributed by atoms with E-state index in [9.17, 15) is 0 Å². The first kappa shape index (κ1) is 20.1. The quantitative estimate of drug-likeness (QED) is 0.419. The maximum absolute atomic E-state index is 6.24. The van der Waals surface area contributed by atoms with Crippen LogP contribution in [0.3, 0.4) is 0 Å². The number of anilines is 2. The minimum atomic E-state index is 0.468. The fraction of sp³-hybridized carbons (Fsp3) is 0.158. The van der Waals surface area contributed by atoms with Crippen molar-refractivity contribution in [3.63, 3.8) is 0 Å². The van der Waals surface area contributed by atoms with Crippen LogP contribution < -0.4 is 10.6 Å². The molecule has 140 valence electrons. The maximum atomic E-state index is 6.24. The number of hydrogen-bond donors (Lipinski definition) is 2. The second-order valence-electron chi connectivity index (χ2n) is 6.21. The Kier molecular flexibility index (Phi) is 6.42. The van der Waals surface area contributed by atoms with Gasteiger partial charge in [0.05, 0.1) is 11.0 Å². The van der Waals surface area contributed by atoms with Crippen molar-refractivity contribution in [3.8, 4) is 0 Å². The molecule has 2 N–H and O–H groups in total. The summed E-state index contributed by atoms with van der Waals surface area (Å²) in [5.41, 5.74) is 4.21. The van der Waals surface area contributed by atoms with E-state index in [4.69, 9.17) is 35.4 Å². The minimum Gasteiger partial charge on any atom is -0.332 e. The molecule has 3 rings (SSSR count). The van der Waals surface area contributed by atoms with Crippen LogP contribution in [-0.2, 0) is 6.54 Å². The van der Waals surface area contributed by atoms with Gasteiger partial charge in [0, 0.05) is 21.9 Å². The van der Waals surface area contributed by atoms with Crippen LogP contribution >= 0.6 is 51.3 Å². The van der Waals surface area contributed by atoms with E-state index < -0.39 is 0 Å². The van der Waals surface area contributed by atoms with E-state index in [0.717, 1.165) is 15.7 Å². The highest BCUT2D eigenvalue weighted by Crippen LogP contribution is 2.25. The molecule has 0 aliphatic carbocycles. The Morgan fingerprint density at radius 3 is 2.48 bits per heavy atom. The molecule has 0 saturated carbocycles. The lowest BCUT2D eigenvalue weighted by Gasteiger charge is -2.10. The fourth-order valence-electron chi connectivity index (χ4n) is 2.70. The number of thiocarbonyl (C=S) groups is 1. The first-order valence-corrected chi connectivity index (χ1v) is 10.1. The molecule has 0 bridgehead atoms. The molecular formula is C19H17BrCl2N4S. The van der Waals surface area contributed by atoms with E-state index in [1.165, 1.54) is 11.1 Å². The highest BCUT2D eigenvalue weighted by Gasteiger charge is 2.10. The third kappa shape index (κ3) is 5.45. The molecule has 0 fully saturated rings. The second kappa shape index (κ2) is 8.61. The summed E-state index contributed by atoms with van der Waals surface area (Å²) in [5.74, 6) is 0.627. The zero-order valence-corrected chi connectivity index (χ0v) is 18.6. The Morgan fingerprint density at radius 1 is 1.11 bits per heavy atom. The number of hydrogen-bond acceptors (Lipinski definition) is 2. The van der Waals surface area contributed by atoms with Crippen LogP contribution in [0.15, 0.2) is 47.1 Å². The molecular weight excluding hydrogens is 467 g/mol. The van der Waals surface area contributed by atoms with Crippen molar-refractivity contribution in [2.45, 2.75) is 20.4 Å². The van der Waals surface area contributed by atoms with Gasteiger partial charge in [0.25, 0.3) is 0 Å². The number of nitrogens with zero attached hydrogens (tertiary/aromatic N) is 2. The van der Waals surface area contributed by atoms with Crippen molar-refractivity contribution in [3.05, 3.63) is 73.8 Å². The van der Waals surface area contributed by atoms with Crippen molar-refractivity contribution in [2.24, 2.45) is 0 Å². The number of aryl methyl sites for hydroxylation is 2. The highest BCUT2D eigenvalue weighted by atomic mass is 79.9. The normalized spacial score (nSPS) is 10.7. The van der Waals surface area contributed by atoms with Crippen molar-refractivity contribution in [1.29, 1.82) is 0 Å². The fourth-order valence-corrected chi connectivity index (χ4v) is 3.80. The first-order valence-electron chi connectivity index (χ1n) is 8.13. The van der Waals surface area contributed by atoms with Gasteiger partial charge < -0.3 is 10.6 Å². The number of aromatic nitrogens is 2. The number of benzene rings is 2. The topological polar surface area (TPSA) is 41.9 Å². The zero-order chi connectivity index (χ0) is 19.6. The minimum absolute atomic E-state index is 0.468. The highest BCUT2D eigenvalue weighted by molar-refractivity contribution is 9.10. The maximum Gasteiger partial charge on any atom is 0.176 e. The summed E-state index contributed by atoms with van der Waals surface area (Å²) in [6, 6.07) is 11.6. The summed E-state index contributed by atoms with van der Waals surface area (Å²) in [6.07, 6.45) is 1.87. The van der Waals surface area contributed by atoms with Crippen molar-refractivity contribution in [2.75, 3.05) is 10.6 Å². The summed E-state index contributed by atoms with van der Waals surface area (Å²) in [4.78, 5) is 0. The van der Waals surface area contributed by atoms with E-state index in [-0.39, 0.29) is 0 Å². The van der Waals surface area contributed by atoms with Crippen LogP contribution in [0.4, 0.5) is 11.5 Å². The lowest BCUT2D eigenvalue weighted by molar-refractivity contribution is 0.690. The van der Waals surface area contributed by atoms with Gasteiger partial charge in [-0.1, -0.05) is 35.3 Å². The molecule has 0 amide bonds. The SMILES string of the molecule is Cc1cc(C)cc(NC(=S)Nc2nn(Cc3ccc(Cl)cc3Cl)cc2Br)c1. The first-order chi connectivity index (χ1) is 12.8. The lowest BCUT2D eigenvalue weighted by Crippen LogP contribution is -2.20. The summed E-state index contributed by atoms with van der Waals surface area (Å²) in [5, 5.41) is 12.5. The molecule has 0 radical (unpaired) electrons. The van der Waals surface area contributed by atoms with Gasteiger partial charge in [-0.3, -0.25) is 4.68 Å². The molecule has 0 aliphatic rings. The van der Waals surface area contributed by atoms with Gasteiger partial charge in [0.2, 0.25) is 0 Å². The molecule has 8 heteroatoms. The molecule has 0 spiro atoms. The molecule has 2 aromatic carbocycles. The molecule has 27 heavy (non-hydrogen) atoms. The van der Waals surface area contributed by atoms with Gasteiger partial charge in [0.15, 0.2) is 10.9 Å². The largest absolute Gasteiger partial charge is 0.332 e. The van der Waals surface area contributed by atoms with E-state index in [0.29, 0.717) is 27.5 Å². The molecule has 0 atom stereocenters. The van der Waals surface area contributed by atoms with Crippen LogP contribution in [0.5, 0.6) is 0 Å². The summed E-state index contributed by atoms with van der Waals surface area (Å²) in [7, 11) is 0. The summed E-state index contributed by atoms with van der Waals surface area (Å²) in [6.45, 7) is 4.62. The van der Waals surface area contributed by atoms with E-state index >= 15 is 0 Å². The third-order valence-electron chi connectivity index (χ3n) is 3.78. The van der Waals surface area contributed by atoms with E-state index in [2.05, 4.69) is 51.6 Å². The molecule has 3 aromatic rings. The third-order valence-corrected chi connectivity index (χ3v) is 5.15. The van der Waals surface area contributed by atoms with Gasteiger partial charge in [-0.05, 0) is 83.0 Å². The van der Waals surface area contributed by atoms with Crippen molar-refractivity contribution >= 4 is 68.0 Å².